The average molecular weight is 468 g/mol. The van der Waals surface area contributed by atoms with Crippen molar-refractivity contribution in [3.8, 4) is 11.1 Å². The SMILES string of the molecule is CCC1=CCN(C(=O)Nc2cc(-c3cc(N4CCOCC4)c4nc(F)cn4c3)c(C)cc2F)C1. The number of amides is 2. The number of morpholine rings is 1. The van der Waals surface area contributed by atoms with Crippen LogP contribution in [0, 0.1) is 18.7 Å². The fraction of sp³-hybridized carbons (Fsp3) is 0.360. The van der Waals surface area contributed by atoms with Crippen LogP contribution in [0.25, 0.3) is 16.8 Å². The van der Waals surface area contributed by atoms with Gasteiger partial charge in [0.2, 0.25) is 5.95 Å². The summed E-state index contributed by atoms with van der Waals surface area (Å²) in [6.07, 6.45) is 6.02. The molecule has 1 fully saturated rings. The summed E-state index contributed by atoms with van der Waals surface area (Å²) < 4.78 is 36.0. The number of imidazole rings is 1. The number of hydrogen-bond acceptors (Lipinski definition) is 4. The van der Waals surface area contributed by atoms with Crippen molar-refractivity contribution in [1.29, 1.82) is 0 Å². The summed E-state index contributed by atoms with van der Waals surface area (Å²) in [5.41, 5.74) is 4.84. The van der Waals surface area contributed by atoms with E-state index in [1.807, 2.05) is 26.0 Å². The quantitative estimate of drug-likeness (QED) is 0.570. The lowest BCUT2D eigenvalue weighted by Crippen LogP contribution is -2.36. The van der Waals surface area contributed by atoms with E-state index in [-0.39, 0.29) is 11.7 Å². The Labute approximate surface area is 196 Å². The zero-order valence-electron chi connectivity index (χ0n) is 19.3. The van der Waals surface area contributed by atoms with Gasteiger partial charge in [-0.05, 0) is 42.7 Å². The molecule has 2 aliphatic heterocycles. The Morgan fingerprint density at radius 3 is 2.71 bits per heavy atom. The second-order valence-electron chi connectivity index (χ2n) is 8.68. The number of hydrogen-bond donors (Lipinski definition) is 1. The number of benzene rings is 1. The van der Waals surface area contributed by atoms with Gasteiger partial charge in [-0.2, -0.15) is 9.37 Å². The van der Waals surface area contributed by atoms with Crippen LogP contribution >= 0.6 is 0 Å². The maximum Gasteiger partial charge on any atom is 0.322 e. The Balaban J connectivity index is 1.51. The molecule has 0 radical (unpaired) electrons. The van der Waals surface area contributed by atoms with Crippen LogP contribution in [0.15, 0.2) is 42.2 Å². The van der Waals surface area contributed by atoms with E-state index in [2.05, 4.69) is 15.2 Å². The van der Waals surface area contributed by atoms with Crippen molar-refractivity contribution < 1.29 is 18.3 Å². The molecule has 7 nitrogen and oxygen atoms in total. The summed E-state index contributed by atoms with van der Waals surface area (Å²) in [7, 11) is 0. The molecule has 5 rings (SSSR count). The molecule has 0 bridgehead atoms. The fourth-order valence-corrected chi connectivity index (χ4v) is 4.53. The van der Waals surface area contributed by atoms with E-state index < -0.39 is 11.8 Å². The second-order valence-corrected chi connectivity index (χ2v) is 8.68. The third kappa shape index (κ3) is 4.23. The zero-order valence-corrected chi connectivity index (χ0v) is 19.3. The number of carbonyl (C=O) groups excluding carboxylic acids is 1. The predicted octanol–water partition coefficient (Wildman–Crippen LogP) is 4.61. The molecule has 0 saturated carbocycles. The van der Waals surface area contributed by atoms with Gasteiger partial charge in [0.25, 0.3) is 0 Å². The average Bonchev–Trinajstić information content (AvgIpc) is 3.46. The second kappa shape index (κ2) is 9.06. The van der Waals surface area contributed by atoms with Gasteiger partial charge in [-0.25, -0.2) is 9.18 Å². The molecule has 1 aromatic carbocycles. The lowest BCUT2D eigenvalue weighted by atomic mass is 10.00. The molecular formula is C25H27F2N5O2. The molecule has 178 valence electrons. The van der Waals surface area contributed by atoms with Gasteiger partial charge < -0.3 is 24.3 Å². The Bertz CT molecular complexity index is 1280. The van der Waals surface area contributed by atoms with E-state index in [4.69, 9.17) is 4.74 Å². The zero-order chi connectivity index (χ0) is 23.8. The highest BCUT2D eigenvalue weighted by molar-refractivity contribution is 5.91. The minimum Gasteiger partial charge on any atom is -0.378 e. The van der Waals surface area contributed by atoms with Crippen molar-refractivity contribution in [2.24, 2.45) is 0 Å². The lowest BCUT2D eigenvalue weighted by molar-refractivity contribution is 0.123. The number of nitrogens with one attached hydrogen (secondary N) is 1. The lowest BCUT2D eigenvalue weighted by Gasteiger charge is -2.29. The van der Waals surface area contributed by atoms with Crippen molar-refractivity contribution in [1.82, 2.24) is 14.3 Å². The normalized spacial score (nSPS) is 16.3. The Morgan fingerprint density at radius 1 is 1.18 bits per heavy atom. The maximum absolute atomic E-state index is 14.8. The summed E-state index contributed by atoms with van der Waals surface area (Å²) in [6.45, 7) is 7.42. The smallest absolute Gasteiger partial charge is 0.322 e. The molecule has 0 atom stereocenters. The van der Waals surface area contributed by atoms with Crippen LogP contribution in [0.3, 0.4) is 0 Å². The Morgan fingerprint density at radius 2 is 1.97 bits per heavy atom. The number of ether oxygens (including phenoxy) is 1. The van der Waals surface area contributed by atoms with E-state index in [1.165, 1.54) is 17.8 Å². The third-order valence-electron chi connectivity index (χ3n) is 6.46. The van der Waals surface area contributed by atoms with E-state index in [1.54, 1.807) is 21.6 Å². The number of urea groups is 1. The van der Waals surface area contributed by atoms with Gasteiger partial charge in [0, 0.05) is 37.9 Å². The van der Waals surface area contributed by atoms with Gasteiger partial charge in [0.1, 0.15) is 5.82 Å². The number of aryl methyl sites for hydroxylation is 1. The number of carbonyl (C=O) groups is 1. The van der Waals surface area contributed by atoms with Crippen LogP contribution < -0.4 is 10.2 Å². The number of rotatable bonds is 4. The summed E-state index contributed by atoms with van der Waals surface area (Å²) in [4.78, 5) is 20.6. The first-order chi connectivity index (χ1) is 16.4. The van der Waals surface area contributed by atoms with Crippen molar-refractivity contribution >= 4 is 23.1 Å². The van der Waals surface area contributed by atoms with E-state index in [0.717, 1.165) is 23.2 Å². The summed E-state index contributed by atoms with van der Waals surface area (Å²) in [6, 6.07) is 4.66. The largest absolute Gasteiger partial charge is 0.378 e. The molecule has 34 heavy (non-hydrogen) atoms. The first-order valence-corrected chi connectivity index (χ1v) is 11.5. The number of fused-ring (bicyclic) bond motifs is 1. The minimum absolute atomic E-state index is 0.111. The van der Waals surface area contributed by atoms with Crippen LogP contribution in [0.2, 0.25) is 0 Å². The highest BCUT2D eigenvalue weighted by Crippen LogP contribution is 2.34. The molecule has 1 N–H and O–H groups in total. The maximum atomic E-state index is 14.8. The Hall–Kier alpha value is -3.46. The van der Waals surface area contributed by atoms with Crippen LogP contribution in [-0.4, -0.2) is 59.7 Å². The van der Waals surface area contributed by atoms with Crippen molar-refractivity contribution in [3.05, 3.63) is 59.6 Å². The van der Waals surface area contributed by atoms with Crippen molar-refractivity contribution in [3.63, 3.8) is 0 Å². The highest BCUT2D eigenvalue weighted by Gasteiger charge is 2.22. The molecule has 0 aliphatic carbocycles. The number of pyridine rings is 1. The standard InChI is InChI=1S/C25H27F2N5O2/c1-3-17-4-5-31(13-17)25(33)28-21-12-19(16(2)10-20(21)26)18-11-22(30-6-8-34-9-7-30)24-29-23(27)15-32(24)14-18/h4,10-12,14-15H,3,5-9,13H2,1-2H3,(H,28,33). The number of anilines is 2. The van der Waals surface area contributed by atoms with Crippen LogP contribution in [0.1, 0.15) is 18.9 Å². The van der Waals surface area contributed by atoms with E-state index in [9.17, 15) is 13.6 Å². The highest BCUT2D eigenvalue weighted by atomic mass is 19.1. The monoisotopic (exact) mass is 467 g/mol. The molecule has 1 saturated heterocycles. The summed E-state index contributed by atoms with van der Waals surface area (Å²) >= 11 is 0. The predicted molar refractivity (Wildman–Crippen MR) is 127 cm³/mol. The van der Waals surface area contributed by atoms with Gasteiger partial charge in [-0.1, -0.05) is 18.6 Å². The van der Waals surface area contributed by atoms with Gasteiger partial charge in [-0.15, -0.1) is 0 Å². The van der Waals surface area contributed by atoms with E-state index in [0.29, 0.717) is 50.6 Å². The molecule has 0 unspecified atom stereocenters. The first-order valence-electron chi connectivity index (χ1n) is 11.5. The Kier molecular flexibility index (Phi) is 5.95. The summed E-state index contributed by atoms with van der Waals surface area (Å²) in [5.74, 6) is -1.07. The molecule has 0 spiro atoms. The fourth-order valence-electron chi connectivity index (χ4n) is 4.53. The van der Waals surface area contributed by atoms with Crippen molar-refractivity contribution in [2.75, 3.05) is 49.6 Å². The summed E-state index contributed by atoms with van der Waals surface area (Å²) in [5, 5.41) is 2.73. The molecule has 3 aromatic rings. The van der Waals surface area contributed by atoms with Gasteiger partial charge in [0.15, 0.2) is 5.65 Å². The number of aromatic nitrogens is 2. The number of halogens is 2. The van der Waals surface area contributed by atoms with Crippen molar-refractivity contribution in [2.45, 2.75) is 20.3 Å². The van der Waals surface area contributed by atoms with Crippen LogP contribution in [-0.2, 0) is 4.74 Å². The van der Waals surface area contributed by atoms with Crippen LogP contribution in [0.5, 0.6) is 0 Å². The van der Waals surface area contributed by atoms with Gasteiger partial charge in [-0.3, -0.25) is 0 Å². The number of nitrogens with zero attached hydrogens (tertiary/aromatic N) is 4. The first kappa shape index (κ1) is 22.3. The van der Waals surface area contributed by atoms with Crippen LogP contribution in [0.4, 0.5) is 25.0 Å². The molecule has 9 heteroatoms. The van der Waals surface area contributed by atoms with Gasteiger partial charge >= 0.3 is 6.03 Å². The molecule has 2 amide bonds. The molecular weight excluding hydrogens is 440 g/mol. The molecule has 2 aromatic heterocycles. The topological polar surface area (TPSA) is 62.1 Å². The molecule has 4 heterocycles. The van der Waals surface area contributed by atoms with E-state index >= 15 is 0 Å². The third-order valence-corrected chi connectivity index (χ3v) is 6.46. The minimum atomic E-state index is -0.568. The van der Waals surface area contributed by atoms with Gasteiger partial charge in [0.05, 0.1) is 30.8 Å². The molecule has 2 aliphatic rings.